The summed E-state index contributed by atoms with van der Waals surface area (Å²) in [4.78, 5) is 15.8. The van der Waals surface area contributed by atoms with Crippen molar-refractivity contribution in [1.29, 1.82) is 0 Å². The van der Waals surface area contributed by atoms with Crippen LogP contribution in [-0.4, -0.2) is 32.6 Å². The SMILES string of the molecule is O=C(CNS(=O)(=O)c1ccc2c(c1)OCO2)NCc1ccccn1. The van der Waals surface area contributed by atoms with Gasteiger partial charge in [0.15, 0.2) is 11.5 Å². The van der Waals surface area contributed by atoms with Crippen LogP contribution in [0.4, 0.5) is 0 Å². The van der Waals surface area contributed by atoms with Crippen molar-refractivity contribution in [2.45, 2.75) is 11.4 Å². The van der Waals surface area contributed by atoms with E-state index in [9.17, 15) is 13.2 Å². The first-order chi connectivity index (χ1) is 11.5. The van der Waals surface area contributed by atoms with E-state index < -0.39 is 15.9 Å². The topological polar surface area (TPSA) is 107 Å². The molecule has 0 saturated carbocycles. The molecule has 8 nitrogen and oxygen atoms in total. The van der Waals surface area contributed by atoms with E-state index in [0.29, 0.717) is 17.2 Å². The highest BCUT2D eigenvalue weighted by atomic mass is 32.2. The lowest BCUT2D eigenvalue weighted by Gasteiger charge is -2.08. The minimum Gasteiger partial charge on any atom is -0.454 e. The van der Waals surface area contributed by atoms with Crippen LogP contribution in [0.15, 0.2) is 47.5 Å². The average Bonchev–Trinajstić information content (AvgIpc) is 3.07. The third-order valence-corrected chi connectivity index (χ3v) is 4.67. The summed E-state index contributed by atoms with van der Waals surface area (Å²) in [6.07, 6.45) is 1.61. The Bertz CT molecular complexity index is 839. The number of carbonyl (C=O) groups is 1. The largest absolute Gasteiger partial charge is 0.454 e. The lowest BCUT2D eigenvalue weighted by molar-refractivity contribution is -0.120. The number of sulfonamides is 1. The number of carbonyl (C=O) groups excluding carboxylic acids is 1. The van der Waals surface area contributed by atoms with Gasteiger partial charge in [0.25, 0.3) is 0 Å². The smallest absolute Gasteiger partial charge is 0.241 e. The first kappa shape index (κ1) is 16.2. The molecule has 0 atom stereocenters. The Hall–Kier alpha value is -2.65. The molecule has 0 radical (unpaired) electrons. The molecule has 2 heterocycles. The van der Waals surface area contributed by atoms with Crippen molar-refractivity contribution in [3.05, 3.63) is 48.3 Å². The Morgan fingerprint density at radius 3 is 2.79 bits per heavy atom. The van der Waals surface area contributed by atoms with Gasteiger partial charge in [-0.25, -0.2) is 13.1 Å². The van der Waals surface area contributed by atoms with Gasteiger partial charge >= 0.3 is 0 Å². The molecule has 126 valence electrons. The number of nitrogens with zero attached hydrogens (tertiary/aromatic N) is 1. The third-order valence-electron chi connectivity index (χ3n) is 3.27. The fourth-order valence-corrected chi connectivity index (χ4v) is 3.04. The number of hydrogen-bond acceptors (Lipinski definition) is 6. The fraction of sp³-hybridized carbons (Fsp3) is 0.200. The summed E-state index contributed by atoms with van der Waals surface area (Å²) in [7, 11) is -3.82. The lowest BCUT2D eigenvalue weighted by atomic mass is 10.3. The van der Waals surface area contributed by atoms with Crippen molar-refractivity contribution >= 4 is 15.9 Å². The quantitative estimate of drug-likeness (QED) is 0.782. The second-order valence-corrected chi connectivity index (χ2v) is 6.70. The molecular weight excluding hydrogens is 334 g/mol. The molecule has 9 heteroatoms. The normalized spacial score (nSPS) is 12.8. The summed E-state index contributed by atoms with van der Waals surface area (Å²) in [5.41, 5.74) is 0.685. The Balaban J connectivity index is 1.56. The maximum absolute atomic E-state index is 12.2. The molecule has 0 bridgehead atoms. The van der Waals surface area contributed by atoms with Gasteiger partial charge in [-0.3, -0.25) is 9.78 Å². The summed E-state index contributed by atoms with van der Waals surface area (Å²) in [6, 6.07) is 9.59. The van der Waals surface area contributed by atoms with Crippen LogP contribution in [0.3, 0.4) is 0 Å². The zero-order valence-corrected chi connectivity index (χ0v) is 13.4. The Morgan fingerprint density at radius 2 is 2.00 bits per heavy atom. The van der Waals surface area contributed by atoms with Crippen molar-refractivity contribution in [3.8, 4) is 11.5 Å². The maximum atomic E-state index is 12.2. The second-order valence-electron chi connectivity index (χ2n) is 4.94. The van der Waals surface area contributed by atoms with E-state index in [1.165, 1.54) is 18.2 Å². The van der Waals surface area contributed by atoms with Crippen LogP contribution in [0.1, 0.15) is 5.69 Å². The van der Waals surface area contributed by atoms with Gasteiger partial charge in [0.05, 0.1) is 23.7 Å². The minimum absolute atomic E-state index is 0.00396. The van der Waals surface area contributed by atoms with Gasteiger partial charge < -0.3 is 14.8 Å². The number of aromatic nitrogens is 1. The Morgan fingerprint density at radius 1 is 1.17 bits per heavy atom. The zero-order valence-electron chi connectivity index (χ0n) is 12.6. The Kier molecular flexibility index (Phi) is 4.63. The molecule has 1 aliphatic rings. The van der Waals surface area contributed by atoms with Gasteiger partial charge in [-0.05, 0) is 24.3 Å². The molecule has 0 unspecified atom stereocenters. The van der Waals surface area contributed by atoms with Crippen LogP contribution in [0.2, 0.25) is 0 Å². The number of nitrogens with one attached hydrogen (secondary N) is 2. The van der Waals surface area contributed by atoms with Gasteiger partial charge in [-0.1, -0.05) is 6.07 Å². The molecule has 24 heavy (non-hydrogen) atoms. The van der Waals surface area contributed by atoms with Gasteiger partial charge in [0.1, 0.15) is 0 Å². The van der Waals surface area contributed by atoms with Crippen molar-refractivity contribution in [3.63, 3.8) is 0 Å². The molecule has 0 spiro atoms. The van der Waals surface area contributed by atoms with Crippen LogP contribution in [0.25, 0.3) is 0 Å². The Labute approximate surface area is 138 Å². The standard InChI is InChI=1S/C15H15N3O5S/c19-15(17-8-11-3-1-2-6-16-11)9-18-24(20,21)12-4-5-13-14(7-12)23-10-22-13/h1-7,18H,8-10H2,(H,17,19). The first-order valence-corrected chi connectivity index (χ1v) is 8.59. The van der Waals surface area contributed by atoms with Crippen LogP contribution >= 0.6 is 0 Å². The molecule has 1 aromatic carbocycles. The van der Waals surface area contributed by atoms with E-state index in [-0.39, 0.29) is 24.8 Å². The highest BCUT2D eigenvalue weighted by Gasteiger charge is 2.20. The molecule has 1 amide bonds. The summed E-state index contributed by atoms with van der Waals surface area (Å²) in [5, 5.41) is 2.59. The van der Waals surface area contributed by atoms with Gasteiger partial charge in [-0.15, -0.1) is 0 Å². The number of ether oxygens (including phenoxy) is 2. The van der Waals surface area contributed by atoms with Gasteiger partial charge in [0, 0.05) is 12.3 Å². The van der Waals surface area contributed by atoms with Crippen LogP contribution in [0, 0.1) is 0 Å². The molecular formula is C15H15N3O5S. The van der Waals surface area contributed by atoms with Crippen LogP contribution < -0.4 is 19.5 Å². The van der Waals surface area contributed by atoms with E-state index in [1.54, 1.807) is 24.4 Å². The molecule has 0 aliphatic carbocycles. The van der Waals surface area contributed by atoms with E-state index >= 15 is 0 Å². The fourth-order valence-electron chi connectivity index (χ4n) is 2.04. The predicted octanol–water partition coefficient (Wildman–Crippen LogP) is 0.405. The van der Waals surface area contributed by atoms with E-state index in [1.807, 2.05) is 0 Å². The van der Waals surface area contributed by atoms with Crippen molar-refractivity contribution in [2.24, 2.45) is 0 Å². The van der Waals surface area contributed by atoms with Crippen molar-refractivity contribution in [1.82, 2.24) is 15.0 Å². The summed E-state index contributed by atoms with van der Waals surface area (Å²) in [5.74, 6) is 0.393. The summed E-state index contributed by atoms with van der Waals surface area (Å²) in [6.45, 7) is -0.0861. The maximum Gasteiger partial charge on any atom is 0.241 e. The average molecular weight is 349 g/mol. The minimum atomic E-state index is -3.82. The van der Waals surface area contributed by atoms with Crippen molar-refractivity contribution < 1.29 is 22.7 Å². The first-order valence-electron chi connectivity index (χ1n) is 7.10. The number of pyridine rings is 1. The highest BCUT2D eigenvalue weighted by Crippen LogP contribution is 2.33. The summed E-state index contributed by atoms with van der Waals surface area (Å²) < 4.78 is 36.9. The molecule has 0 fully saturated rings. The monoisotopic (exact) mass is 349 g/mol. The molecule has 3 rings (SSSR count). The number of rotatable bonds is 6. The highest BCUT2D eigenvalue weighted by molar-refractivity contribution is 7.89. The second kappa shape index (κ2) is 6.85. The van der Waals surface area contributed by atoms with E-state index in [2.05, 4.69) is 15.0 Å². The lowest BCUT2D eigenvalue weighted by Crippen LogP contribution is -2.36. The van der Waals surface area contributed by atoms with Crippen LogP contribution in [0.5, 0.6) is 11.5 Å². The molecule has 0 saturated heterocycles. The van der Waals surface area contributed by atoms with E-state index in [0.717, 1.165) is 0 Å². The number of benzene rings is 1. The van der Waals surface area contributed by atoms with Gasteiger partial charge in [-0.2, -0.15) is 0 Å². The molecule has 2 N–H and O–H groups in total. The predicted molar refractivity (Wildman–Crippen MR) is 83.8 cm³/mol. The number of amides is 1. The molecule has 2 aromatic rings. The number of hydrogen-bond donors (Lipinski definition) is 2. The molecule has 1 aromatic heterocycles. The van der Waals surface area contributed by atoms with Crippen molar-refractivity contribution in [2.75, 3.05) is 13.3 Å². The van der Waals surface area contributed by atoms with E-state index in [4.69, 9.17) is 9.47 Å². The molecule has 1 aliphatic heterocycles. The summed E-state index contributed by atoms with van der Waals surface area (Å²) >= 11 is 0. The third kappa shape index (κ3) is 3.81. The van der Waals surface area contributed by atoms with Crippen LogP contribution in [-0.2, 0) is 21.4 Å². The number of fused-ring (bicyclic) bond motifs is 1. The zero-order chi connectivity index (χ0) is 17.0. The van der Waals surface area contributed by atoms with Gasteiger partial charge in [0.2, 0.25) is 22.7 Å².